The van der Waals surface area contributed by atoms with E-state index in [4.69, 9.17) is 4.74 Å². The number of hydrogen-bond acceptors (Lipinski definition) is 3. The Balaban J connectivity index is 1.57. The second-order valence-corrected chi connectivity index (χ2v) is 7.00. The number of hydrogen-bond donors (Lipinski definition) is 1. The second kappa shape index (κ2) is 8.26. The summed E-state index contributed by atoms with van der Waals surface area (Å²) in [4.78, 5) is 14.3. The van der Waals surface area contributed by atoms with Gasteiger partial charge in [0.05, 0.1) is 12.5 Å². The third-order valence-corrected chi connectivity index (χ3v) is 4.94. The van der Waals surface area contributed by atoms with Crippen LogP contribution in [-0.4, -0.2) is 31.6 Å². The molecule has 0 bridgehead atoms. The molecule has 1 unspecified atom stereocenters. The van der Waals surface area contributed by atoms with Gasteiger partial charge in [0.15, 0.2) is 0 Å². The fourth-order valence-corrected chi connectivity index (χ4v) is 3.39. The first-order valence-corrected chi connectivity index (χ1v) is 9.42. The number of ether oxygens (including phenoxy) is 1. The van der Waals surface area contributed by atoms with E-state index in [1.165, 1.54) is 11.3 Å². The first-order chi connectivity index (χ1) is 12.6. The predicted molar refractivity (Wildman–Crippen MR) is 106 cm³/mol. The highest BCUT2D eigenvalue weighted by atomic mass is 16.5. The van der Waals surface area contributed by atoms with Gasteiger partial charge in [-0.05, 0) is 56.2 Å². The highest BCUT2D eigenvalue weighted by Crippen LogP contribution is 2.25. The van der Waals surface area contributed by atoms with E-state index in [1.807, 2.05) is 38.1 Å². The third kappa shape index (κ3) is 4.37. The summed E-state index contributed by atoms with van der Waals surface area (Å²) in [7, 11) is 0. The van der Waals surface area contributed by atoms with Crippen LogP contribution >= 0.6 is 0 Å². The molecular weight excluding hydrogens is 324 g/mol. The minimum Gasteiger partial charge on any atom is -0.489 e. The molecule has 0 saturated carbocycles. The number of likely N-dealkylation sites (N-methyl/N-ethyl adjacent to an activating group) is 1. The number of nitrogens with zero attached hydrogens (tertiary/aromatic N) is 1. The zero-order chi connectivity index (χ0) is 18.5. The van der Waals surface area contributed by atoms with Gasteiger partial charge in [-0.1, -0.05) is 24.3 Å². The van der Waals surface area contributed by atoms with Crippen LogP contribution in [0.4, 0.5) is 5.69 Å². The van der Waals surface area contributed by atoms with Crippen molar-refractivity contribution in [2.75, 3.05) is 24.5 Å². The Morgan fingerprint density at radius 3 is 2.73 bits per heavy atom. The summed E-state index contributed by atoms with van der Waals surface area (Å²) in [5, 5.41) is 2.87. The smallest absolute Gasteiger partial charge is 0.227 e. The van der Waals surface area contributed by atoms with Gasteiger partial charge in [-0.15, -0.1) is 0 Å². The Bertz CT molecular complexity index is 742. The Hall–Kier alpha value is -2.49. The standard InChI is InChI=1S/C22H28N2O2/c1-4-23-22(25)17(3)18-8-10-20(11-9-18)26-21-12-13-24(15-21)19-7-5-6-16(2)14-19/h5-11,14,17,21H,4,12-13,15H2,1-3H3,(H,23,25)/t17?,21-/m1/s1. The molecule has 1 amide bonds. The lowest BCUT2D eigenvalue weighted by Gasteiger charge is -2.20. The molecule has 1 aliphatic rings. The molecule has 1 fully saturated rings. The van der Waals surface area contributed by atoms with Crippen LogP contribution in [0, 0.1) is 6.92 Å². The molecular formula is C22H28N2O2. The van der Waals surface area contributed by atoms with Crippen LogP contribution in [-0.2, 0) is 4.79 Å². The highest BCUT2D eigenvalue weighted by molar-refractivity contribution is 5.83. The molecule has 3 rings (SSSR count). The summed E-state index contributed by atoms with van der Waals surface area (Å²) >= 11 is 0. The summed E-state index contributed by atoms with van der Waals surface area (Å²) in [6.07, 6.45) is 1.22. The molecule has 0 spiro atoms. The first-order valence-electron chi connectivity index (χ1n) is 9.42. The normalized spacial score (nSPS) is 17.8. The first kappa shape index (κ1) is 18.3. The molecule has 1 aliphatic heterocycles. The number of aryl methyl sites for hydroxylation is 1. The molecule has 1 saturated heterocycles. The lowest BCUT2D eigenvalue weighted by atomic mass is 10.0. The Morgan fingerprint density at radius 2 is 2.04 bits per heavy atom. The quantitative estimate of drug-likeness (QED) is 0.857. The highest BCUT2D eigenvalue weighted by Gasteiger charge is 2.24. The van der Waals surface area contributed by atoms with Crippen molar-refractivity contribution in [3.8, 4) is 5.75 Å². The van der Waals surface area contributed by atoms with Crippen LogP contribution in [0.3, 0.4) is 0 Å². The molecule has 0 radical (unpaired) electrons. The van der Waals surface area contributed by atoms with Gasteiger partial charge in [-0.3, -0.25) is 4.79 Å². The van der Waals surface area contributed by atoms with Crippen molar-refractivity contribution in [2.24, 2.45) is 0 Å². The molecule has 0 aliphatic carbocycles. The minimum atomic E-state index is -0.146. The van der Waals surface area contributed by atoms with Crippen LogP contribution < -0.4 is 15.0 Å². The molecule has 138 valence electrons. The number of carbonyl (C=O) groups excluding carboxylic acids is 1. The van der Waals surface area contributed by atoms with Crippen molar-refractivity contribution in [1.82, 2.24) is 5.32 Å². The van der Waals surface area contributed by atoms with E-state index in [9.17, 15) is 4.79 Å². The minimum absolute atomic E-state index is 0.0609. The van der Waals surface area contributed by atoms with Gasteiger partial charge in [-0.25, -0.2) is 0 Å². The average molecular weight is 352 g/mol. The predicted octanol–water partition coefficient (Wildman–Crippen LogP) is 3.89. The van der Waals surface area contributed by atoms with Crippen LogP contribution in [0.2, 0.25) is 0 Å². The van der Waals surface area contributed by atoms with Gasteiger partial charge in [-0.2, -0.15) is 0 Å². The summed E-state index contributed by atoms with van der Waals surface area (Å²) in [5.41, 5.74) is 3.56. The Labute approximate surface area is 156 Å². The molecule has 4 heteroatoms. The Kier molecular flexibility index (Phi) is 5.82. The maximum absolute atomic E-state index is 12.0. The van der Waals surface area contributed by atoms with Gasteiger partial charge in [0.25, 0.3) is 0 Å². The topological polar surface area (TPSA) is 41.6 Å². The van der Waals surface area contributed by atoms with Crippen LogP contribution in [0.5, 0.6) is 5.75 Å². The molecule has 1 heterocycles. The second-order valence-electron chi connectivity index (χ2n) is 7.00. The monoisotopic (exact) mass is 352 g/mol. The van der Waals surface area contributed by atoms with E-state index in [0.717, 1.165) is 30.8 Å². The van der Waals surface area contributed by atoms with Crippen LogP contribution in [0.1, 0.15) is 37.3 Å². The average Bonchev–Trinajstić information content (AvgIpc) is 3.10. The number of nitrogens with one attached hydrogen (secondary N) is 1. The molecule has 0 aromatic heterocycles. The van der Waals surface area contributed by atoms with Crippen molar-refractivity contribution >= 4 is 11.6 Å². The zero-order valence-corrected chi connectivity index (χ0v) is 15.9. The summed E-state index contributed by atoms with van der Waals surface area (Å²) in [6, 6.07) is 16.5. The molecule has 2 aromatic carbocycles. The van der Waals surface area contributed by atoms with E-state index < -0.39 is 0 Å². The van der Waals surface area contributed by atoms with Crippen LogP contribution in [0.25, 0.3) is 0 Å². The molecule has 2 atom stereocenters. The fourth-order valence-electron chi connectivity index (χ4n) is 3.39. The van der Waals surface area contributed by atoms with Crippen molar-refractivity contribution in [2.45, 2.75) is 39.2 Å². The van der Waals surface area contributed by atoms with Gasteiger partial charge >= 0.3 is 0 Å². The number of amides is 1. The maximum Gasteiger partial charge on any atom is 0.227 e. The zero-order valence-electron chi connectivity index (χ0n) is 15.9. The van der Waals surface area contributed by atoms with Gasteiger partial charge < -0.3 is 15.0 Å². The van der Waals surface area contributed by atoms with Gasteiger partial charge in [0.1, 0.15) is 11.9 Å². The summed E-state index contributed by atoms with van der Waals surface area (Å²) in [5.74, 6) is 0.783. The number of benzene rings is 2. The molecule has 26 heavy (non-hydrogen) atoms. The third-order valence-electron chi connectivity index (χ3n) is 4.94. The largest absolute Gasteiger partial charge is 0.489 e. The van der Waals surface area contributed by atoms with Gasteiger partial charge in [0.2, 0.25) is 5.91 Å². The fraction of sp³-hybridized carbons (Fsp3) is 0.409. The molecule has 1 N–H and O–H groups in total. The van der Waals surface area contributed by atoms with Gasteiger partial charge in [0, 0.05) is 25.2 Å². The molecule has 4 nitrogen and oxygen atoms in total. The van der Waals surface area contributed by atoms with Crippen molar-refractivity contribution in [1.29, 1.82) is 0 Å². The lowest BCUT2D eigenvalue weighted by molar-refractivity contribution is -0.122. The molecule has 2 aromatic rings. The number of anilines is 1. The summed E-state index contributed by atoms with van der Waals surface area (Å²) in [6.45, 7) is 8.56. The lowest BCUT2D eigenvalue weighted by Crippen LogP contribution is -2.27. The summed E-state index contributed by atoms with van der Waals surface area (Å²) < 4.78 is 6.16. The van der Waals surface area contributed by atoms with Crippen molar-refractivity contribution in [3.63, 3.8) is 0 Å². The van der Waals surface area contributed by atoms with E-state index in [0.29, 0.717) is 6.54 Å². The number of rotatable bonds is 6. The van der Waals surface area contributed by atoms with E-state index in [-0.39, 0.29) is 17.9 Å². The van der Waals surface area contributed by atoms with Crippen molar-refractivity contribution in [3.05, 3.63) is 59.7 Å². The van der Waals surface area contributed by atoms with E-state index >= 15 is 0 Å². The maximum atomic E-state index is 12.0. The van der Waals surface area contributed by atoms with Crippen molar-refractivity contribution < 1.29 is 9.53 Å². The number of carbonyl (C=O) groups is 1. The van der Waals surface area contributed by atoms with E-state index in [2.05, 4.69) is 41.4 Å². The Morgan fingerprint density at radius 1 is 1.27 bits per heavy atom. The van der Waals surface area contributed by atoms with Crippen LogP contribution in [0.15, 0.2) is 48.5 Å². The van der Waals surface area contributed by atoms with E-state index in [1.54, 1.807) is 0 Å². The SMILES string of the molecule is CCNC(=O)C(C)c1ccc(O[C@@H]2CCN(c3cccc(C)c3)C2)cc1.